The van der Waals surface area contributed by atoms with Crippen molar-refractivity contribution in [2.45, 2.75) is 20.4 Å². The molecule has 0 radical (unpaired) electrons. The van der Waals surface area contributed by atoms with Crippen molar-refractivity contribution >= 4 is 5.84 Å². The number of nitrogens with two attached hydrogens (primary N) is 1. The highest BCUT2D eigenvalue weighted by Gasteiger charge is 2.12. The van der Waals surface area contributed by atoms with Crippen LogP contribution in [0.25, 0.3) is 11.3 Å². The molecule has 0 saturated heterocycles. The normalized spacial score (nSPS) is 10.7. The zero-order valence-corrected chi connectivity index (χ0v) is 13.0. The van der Waals surface area contributed by atoms with E-state index in [9.17, 15) is 4.79 Å². The minimum atomic E-state index is -0.378. The van der Waals surface area contributed by atoms with Crippen LogP contribution in [0.1, 0.15) is 16.7 Å². The molecule has 0 spiro atoms. The Labute approximate surface area is 129 Å². The van der Waals surface area contributed by atoms with E-state index in [0.717, 1.165) is 11.1 Å². The van der Waals surface area contributed by atoms with Crippen molar-refractivity contribution in [2.75, 3.05) is 13.7 Å². The maximum Gasteiger partial charge on any atom is 0.277 e. The van der Waals surface area contributed by atoms with Crippen LogP contribution in [0.15, 0.2) is 29.1 Å². The molecular weight excluding hydrogens is 280 g/mol. The fraction of sp³-hybridized carbons (Fsp3) is 0.312. The molecule has 116 valence electrons. The van der Waals surface area contributed by atoms with Crippen LogP contribution < -0.4 is 11.3 Å². The standard InChI is InChI=1S/C16H20N4O2/c1-10-4-5-12(8-11(10)2)14-9-13(15(17)18)16(21)20(19-14)6-7-22-3/h4-5,8-9H,6-7H2,1-3H3,(H3,17,18). The molecule has 0 aliphatic rings. The van der Waals surface area contributed by atoms with Gasteiger partial charge in [0.25, 0.3) is 5.56 Å². The van der Waals surface area contributed by atoms with Crippen molar-refractivity contribution in [3.63, 3.8) is 0 Å². The Balaban J connectivity index is 2.59. The Morgan fingerprint density at radius 3 is 2.64 bits per heavy atom. The second kappa shape index (κ2) is 6.53. The summed E-state index contributed by atoms with van der Waals surface area (Å²) in [7, 11) is 1.56. The SMILES string of the molecule is COCCn1nc(-c2ccc(C)c(C)c2)cc(C(=N)N)c1=O. The Morgan fingerprint density at radius 2 is 2.05 bits per heavy atom. The molecule has 22 heavy (non-hydrogen) atoms. The van der Waals surface area contributed by atoms with E-state index in [1.165, 1.54) is 10.2 Å². The number of aryl methyl sites for hydroxylation is 2. The van der Waals surface area contributed by atoms with Gasteiger partial charge < -0.3 is 10.5 Å². The van der Waals surface area contributed by atoms with E-state index in [4.69, 9.17) is 15.9 Å². The van der Waals surface area contributed by atoms with Gasteiger partial charge in [-0.05, 0) is 37.1 Å². The molecule has 6 heteroatoms. The number of benzene rings is 1. The highest BCUT2D eigenvalue weighted by atomic mass is 16.5. The fourth-order valence-corrected chi connectivity index (χ4v) is 2.11. The third-order valence-corrected chi connectivity index (χ3v) is 3.57. The summed E-state index contributed by atoms with van der Waals surface area (Å²) in [6.07, 6.45) is 0. The first-order chi connectivity index (χ1) is 10.4. The van der Waals surface area contributed by atoms with Crippen molar-refractivity contribution in [2.24, 2.45) is 5.73 Å². The maximum absolute atomic E-state index is 12.2. The maximum atomic E-state index is 12.2. The lowest BCUT2D eigenvalue weighted by Crippen LogP contribution is -2.32. The third kappa shape index (κ3) is 3.23. The highest BCUT2D eigenvalue weighted by molar-refractivity contribution is 5.95. The Kier molecular flexibility index (Phi) is 4.72. The molecule has 0 atom stereocenters. The number of rotatable bonds is 5. The average molecular weight is 300 g/mol. The summed E-state index contributed by atoms with van der Waals surface area (Å²) < 4.78 is 6.29. The number of nitrogen functional groups attached to an aromatic ring is 1. The molecule has 1 heterocycles. The molecule has 0 fully saturated rings. The summed E-state index contributed by atoms with van der Waals surface area (Å²) in [4.78, 5) is 12.2. The fourth-order valence-electron chi connectivity index (χ4n) is 2.11. The van der Waals surface area contributed by atoms with Gasteiger partial charge in [0.05, 0.1) is 24.4 Å². The highest BCUT2D eigenvalue weighted by Crippen LogP contribution is 2.20. The van der Waals surface area contributed by atoms with Crippen molar-refractivity contribution < 1.29 is 4.74 Å². The summed E-state index contributed by atoms with van der Waals surface area (Å²) in [5, 5.41) is 12.0. The van der Waals surface area contributed by atoms with Gasteiger partial charge >= 0.3 is 0 Å². The number of hydrogen-bond acceptors (Lipinski definition) is 4. The lowest BCUT2D eigenvalue weighted by atomic mass is 10.0. The molecule has 0 bridgehead atoms. The van der Waals surface area contributed by atoms with Crippen LogP contribution in [-0.2, 0) is 11.3 Å². The second-order valence-electron chi connectivity index (χ2n) is 5.18. The van der Waals surface area contributed by atoms with Crippen LogP contribution in [0.5, 0.6) is 0 Å². The molecule has 0 unspecified atom stereocenters. The third-order valence-electron chi connectivity index (χ3n) is 3.57. The van der Waals surface area contributed by atoms with Crippen LogP contribution in [-0.4, -0.2) is 29.3 Å². The summed E-state index contributed by atoms with van der Waals surface area (Å²) in [6, 6.07) is 7.52. The van der Waals surface area contributed by atoms with Crippen molar-refractivity contribution in [1.82, 2.24) is 9.78 Å². The zero-order valence-electron chi connectivity index (χ0n) is 13.0. The van der Waals surface area contributed by atoms with E-state index in [0.29, 0.717) is 18.8 Å². The Hall–Kier alpha value is -2.47. The summed E-state index contributed by atoms with van der Waals surface area (Å²) in [5.74, 6) is -0.261. The number of methoxy groups -OCH3 is 1. The van der Waals surface area contributed by atoms with E-state index in [-0.39, 0.29) is 17.0 Å². The quantitative estimate of drug-likeness (QED) is 0.645. The van der Waals surface area contributed by atoms with E-state index in [1.54, 1.807) is 13.2 Å². The van der Waals surface area contributed by atoms with Crippen LogP contribution in [0.2, 0.25) is 0 Å². The van der Waals surface area contributed by atoms with Gasteiger partial charge in [-0.25, -0.2) is 4.68 Å². The molecule has 0 amide bonds. The summed E-state index contributed by atoms with van der Waals surface area (Å²) >= 11 is 0. The minimum Gasteiger partial charge on any atom is -0.384 e. The van der Waals surface area contributed by atoms with Crippen LogP contribution >= 0.6 is 0 Å². The van der Waals surface area contributed by atoms with Crippen molar-refractivity contribution in [3.05, 3.63) is 51.3 Å². The molecule has 0 aliphatic carbocycles. The number of nitrogens with one attached hydrogen (secondary N) is 1. The predicted octanol–water partition coefficient (Wildman–Crippen LogP) is 1.46. The second-order valence-corrected chi connectivity index (χ2v) is 5.18. The number of aromatic nitrogens is 2. The first-order valence-electron chi connectivity index (χ1n) is 6.97. The van der Waals surface area contributed by atoms with Gasteiger partial charge in [-0.1, -0.05) is 12.1 Å². The first-order valence-corrected chi connectivity index (χ1v) is 6.97. The van der Waals surface area contributed by atoms with Crippen LogP contribution in [0.3, 0.4) is 0 Å². The van der Waals surface area contributed by atoms with Crippen LogP contribution in [0, 0.1) is 19.3 Å². The molecule has 2 rings (SSSR count). The van der Waals surface area contributed by atoms with Crippen LogP contribution in [0.4, 0.5) is 0 Å². The summed E-state index contributed by atoms with van der Waals surface area (Å²) in [6.45, 7) is 4.73. The smallest absolute Gasteiger partial charge is 0.277 e. The molecule has 0 aliphatic heterocycles. The lowest BCUT2D eigenvalue weighted by molar-refractivity contribution is 0.182. The van der Waals surface area contributed by atoms with E-state index in [2.05, 4.69) is 5.10 Å². The number of hydrogen-bond donors (Lipinski definition) is 2. The van der Waals surface area contributed by atoms with Gasteiger partial charge in [-0.15, -0.1) is 0 Å². The number of nitrogens with zero attached hydrogens (tertiary/aromatic N) is 2. The topological polar surface area (TPSA) is 94.0 Å². The molecule has 2 aromatic rings. The van der Waals surface area contributed by atoms with Gasteiger partial charge in [0, 0.05) is 12.7 Å². The Morgan fingerprint density at radius 1 is 1.32 bits per heavy atom. The largest absolute Gasteiger partial charge is 0.384 e. The van der Waals surface area contributed by atoms with Gasteiger partial charge in [0.15, 0.2) is 0 Å². The van der Waals surface area contributed by atoms with Crippen molar-refractivity contribution in [3.8, 4) is 11.3 Å². The molecular formula is C16H20N4O2. The molecule has 1 aromatic heterocycles. The minimum absolute atomic E-state index is 0.152. The predicted molar refractivity (Wildman–Crippen MR) is 86.3 cm³/mol. The van der Waals surface area contributed by atoms with Gasteiger partial charge in [-0.2, -0.15) is 5.10 Å². The molecule has 6 nitrogen and oxygen atoms in total. The van der Waals surface area contributed by atoms with E-state index >= 15 is 0 Å². The van der Waals surface area contributed by atoms with E-state index < -0.39 is 0 Å². The molecule has 1 aromatic carbocycles. The monoisotopic (exact) mass is 300 g/mol. The Bertz CT molecular complexity index is 765. The molecule has 0 saturated carbocycles. The van der Waals surface area contributed by atoms with E-state index in [1.807, 2.05) is 32.0 Å². The van der Waals surface area contributed by atoms with Gasteiger partial charge in [0.2, 0.25) is 0 Å². The first kappa shape index (κ1) is 15.9. The zero-order chi connectivity index (χ0) is 16.3. The molecule has 3 N–H and O–H groups in total. The van der Waals surface area contributed by atoms with Crippen molar-refractivity contribution in [1.29, 1.82) is 5.41 Å². The number of amidine groups is 1. The van der Waals surface area contributed by atoms with Gasteiger partial charge in [0.1, 0.15) is 5.84 Å². The van der Waals surface area contributed by atoms with Gasteiger partial charge in [-0.3, -0.25) is 10.2 Å². The summed E-state index contributed by atoms with van der Waals surface area (Å²) in [5.41, 5.74) is 9.12. The lowest BCUT2D eigenvalue weighted by Gasteiger charge is -2.11. The number of ether oxygens (including phenoxy) is 1. The average Bonchev–Trinajstić information content (AvgIpc) is 2.48.